The van der Waals surface area contributed by atoms with Crippen molar-refractivity contribution in [2.75, 3.05) is 12.5 Å². The average molecular weight is 355 g/mol. The van der Waals surface area contributed by atoms with Gasteiger partial charge in [-0.2, -0.15) is 0 Å². The lowest BCUT2D eigenvalue weighted by Crippen LogP contribution is -2.42. The van der Waals surface area contributed by atoms with Gasteiger partial charge in [0, 0.05) is 18.9 Å². The highest BCUT2D eigenvalue weighted by Gasteiger charge is 2.30. The van der Waals surface area contributed by atoms with Crippen LogP contribution in [-0.4, -0.2) is 28.8 Å². The second-order valence-electron chi connectivity index (χ2n) is 7.45. The summed E-state index contributed by atoms with van der Waals surface area (Å²) >= 11 is 0. The minimum Gasteiger partial charge on any atom is -0.381 e. The summed E-state index contributed by atoms with van der Waals surface area (Å²) in [6.45, 7) is 0. The average Bonchev–Trinajstić information content (AvgIpc) is 2.63. The fraction of sp³-hybridized carbons (Fsp3) is 0.550. The first-order valence-corrected chi connectivity index (χ1v) is 9.52. The first-order valence-electron chi connectivity index (χ1n) is 9.52. The Labute approximate surface area is 152 Å². The molecule has 1 amide bonds. The first kappa shape index (κ1) is 17.2. The monoisotopic (exact) mass is 355 g/mol. The van der Waals surface area contributed by atoms with Crippen LogP contribution in [0.25, 0.3) is 10.9 Å². The number of benzene rings is 1. The van der Waals surface area contributed by atoms with E-state index in [9.17, 15) is 9.59 Å². The summed E-state index contributed by atoms with van der Waals surface area (Å²) in [6, 6.07) is 7.33. The number of hydrogen-bond acceptors (Lipinski definition) is 4. The fourth-order valence-corrected chi connectivity index (χ4v) is 4.00. The molecule has 6 nitrogen and oxygen atoms in total. The highest BCUT2D eigenvalue weighted by Crippen LogP contribution is 2.35. The molecule has 0 saturated heterocycles. The van der Waals surface area contributed by atoms with Crippen molar-refractivity contribution in [1.82, 2.24) is 9.66 Å². The molecule has 138 valence electrons. The topological polar surface area (TPSA) is 73.2 Å². The minimum atomic E-state index is -0.190. The molecule has 0 aliphatic heterocycles. The smallest absolute Gasteiger partial charge is 0.280 e. The van der Waals surface area contributed by atoms with Gasteiger partial charge in [-0.25, -0.2) is 9.66 Å². The molecule has 2 aromatic rings. The summed E-state index contributed by atoms with van der Waals surface area (Å²) in [7, 11) is 1.69. The van der Waals surface area contributed by atoms with Gasteiger partial charge in [-0.15, -0.1) is 0 Å². The van der Waals surface area contributed by atoms with E-state index >= 15 is 0 Å². The second kappa shape index (κ2) is 7.19. The van der Waals surface area contributed by atoms with E-state index in [1.807, 2.05) is 18.2 Å². The molecule has 0 bridgehead atoms. The maximum Gasteiger partial charge on any atom is 0.280 e. The molecule has 0 spiro atoms. The third-order valence-corrected chi connectivity index (χ3v) is 5.82. The lowest BCUT2D eigenvalue weighted by molar-refractivity contribution is -0.123. The van der Waals surface area contributed by atoms with Gasteiger partial charge in [0.1, 0.15) is 5.82 Å². The number of para-hydroxylation sites is 1. The van der Waals surface area contributed by atoms with E-state index < -0.39 is 0 Å². The predicted octanol–water partition coefficient (Wildman–Crippen LogP) is 2.94. The Kier molecular flexibility index (Phi) is 4.76. The Hall–Kier alpha value is -2.21. The summed E-state index contributed by atoms with van der Waals surface area (Å²) in [5.41, 5.74) is 3.39. The zero-order valence-corrected chi connectivity index (χ0v) is 15.1. The van der Waals surface area contributed by atoms with Crippen LogP contribution >= 0.6 is 0 Å². The molecule has 2 atom stereocenters. The summed E-state index contributed by atoms with van der Waals surface area (Å²) in [5.74, 6) is 0.700. The maximum absolute atomic E-state index is 13.0. The molecule has 1 aromatic carbocycles. The number of rotatable bonds is 4. The Balaban J connectivity index is 1.67. The highest BCUT2D eigenvalue weighted by atomic mass is 16.5. The van der Waals surface area contributed by atoms with Crippen LogP contribution in [0.2, 0.25) is 0 Å². The Morgan fingerprint density at radius 2 is 1.96 bits per heavy atom. The van der Waals surface area contributed by atoms with Crippen molar-refractivity contribution in [3.8, 4) is 0 Å². The van der Waals surface area contributed by atoms with Crippen LogP contribution in [0.4, 0.5) is 0 Å². The number of nitrogens with one attached hydrogen (secondary N) is 1. The van der Waals surface area contributed by atoms with Crippen LogP contribution in [0, 0.1) is 5.92 Å². The van der Waals surface area contributed by atoms with Gasteiger partial charge < -0.3 is 4.74 Å². The molecule has 1 N–H and O–H groups in total. The van der Waals surface area contributed by atoms with Crippen molar-refractivity contribution in [1.29, 1.82) is 0 Å². The zero-order valence-electron chi connectivity index (χ0n) is 15.1. The molecular formula is C20H25N3O3. The molecule has 1 aromatic heterocycles. The number of hydrogen-bond donors (Lipinski definition) is 1. The number of aromatic nitrogens is 2. The molecule has 2 saturated carbocycles. The van der Waals surface area contributed by atoms with Gasteiger partial charge in [-0.05, 0) is 44.2 Å². The normalized spacial score (nSPS) is 23.6. The Morgan fingerprint density at radius 1 is 1.19 bits per heavy atom. The molecule has 6 heteroatoms. The molecule has 2 fully saturated rings. The maximum atomic E-state index is 13.0. The number of fused-ring (bicyclic) bond motifs is 1. The van der Waals surface area contributed by atoms with Crippen LogP contribution in [-0.2, 0) is 9.53 Å². The van der Waals surface area contributed by atoms with Crippen LogP contribution in [0.15, 0.2) is 29.1 Å². The van der Waals surface area contributed by atoms with Crippen molar-refractivity contribution >= 4 is 16.8 Å². The number of carbonyl (C=O) groups is 1. The first-order chi connectivity index (χ1) is 12.7. The lowest BCUT2D eigenvalue weighted by atomic mass is 9.84. The van der Waals surface area contributed by atoms with Crippen molar-refractivity contribution < 1.29 is 9.53 Å². The van der Waals surface area contributed by atoms with Crippen molar-refractivity contribution in [2.45, 2.75) is 57.0 Å². The molecule has 2 aliphatic rings. The number of methoxy groups -OCH3 is 1. The van der Waals surface area contributed by atoms with Crippen molar-refractivity contribution in [3.63, 3.8) is 0 Å². The third-order valence-electron chi connectivity index (χ3n) is 5.82. The molecule has 26 heavy (non-hydrogen) atoms. The SMILES string of the molecule is CO[C@H]1CCC[C@H](C(=O)Nn2c(C3CCC3)nc3ccccc3c2=O)C1. The van der Waals surface area contributed by atoms with Gasteiger partial charge >= 0.3 is 0 Å². The summed E-state index contributed by atoms with van der Waals surface area (Å²) in [6.07, 6.45) is 6.78. The van der Waals surface area contributed by atoms with Crippen LogP contribution in [0.5, 0.6) is 0 Å². The van der Waals surface area contributed by atoms with Gasteiger partial charge in [0.05, 0.1) is 17.0 Å². The molecule has 4 rings (SSSR count). The zero-order chi connectivity index (χ0) is 18.1. The van der Waals surface area contributed by atoms with Gasteiger partial charge in [0.25, 0.3) is 5.56 Å². The number of ether oxygens (including phenoxy) is 1. The van der Waals surface area contributed by atoms with E-state index in [0.29, 0.717) is 23.1 Å². The molecule has 1 heterocycles. The minimum absolute atomic E-state index is 0.105. The summed E-state index contributed by atoms with van der Waals surface area (Å²) in [4.78, 5) is 30.6. The third kappa shape index (κ3) is 3.14. The predicted molar refractivity (Wildman–Crippen MR) is 99.7 cm³/mol. The standard InChI is InChI=1S/C20H25N3O3/c1-26-15-9-5-8-14(12-15)19(24)22-23-18(13-6-4-7-13)21-17-11-3-2-10-16(17)20(23)25/h2-3,10-11,13-15H,4-9,12H2,1H3,(H,22,24)/t14-,15-/m0/s1. The molecule has 2 aliphatic carbocycles. The summed E-state index contributed by atoms with van der Waals surface area (Å²) < 4.78 is 6.84. The van der Waals surface area contributed by atoms with Gasteiger partial charge in [0.15, 0.2) is 0 Å². The van der Waals surface area contributed by atoms with Gasteiger partial charge in [-0.3, -0.25) is 15.0 Å². The van der Waals surface area contributed by atoms with E-state index in [-0.39, 0.29) is 29.4 Å². The van der Waals surface area contributed by atoms with Crippen LogP contribution in [0.3, 0.4) is 0 Å². The quantitative estimate of drug-likeness (QED) is 0.915. The fourth-order valence-electron chi connectivity index (χ4n) is 4.00. The van der Waals surface area contributed by atoms with Crippen molar-refractivity contribution in [3.05, 3.63) is 40.4 Å². The molecule has 0 radical (unpaired) electrons. The van der Waals surface area contributed by atoms with E-state index in [4.69, 9.17) is 9.72 Å². The lowest BCUT2D eigenvalue weighted by Gasteiger charge is -2.30. The second-order valence-corrected chi connectivity index (χ2v) is 7.45. The molecular weight excluding hydrogens is 330 g/mol. The molecule has 0 unspecified atom stereocenters. The van der Waals surface area contributed by atoms with E-state index in [1.54, 1.807) is 13.2 Å². The van der Waals surface area contributed by atoms with Crippen LogP contribution in [0.1, 0.15) is 56.7 Å². The van der Waals surface area contributed by atoms with Gasteiger partial charge in [0.2, 0.25) is 5.91 Å². The highest BCUT2D eigenvalue weighted by molar-refractivity contribution is 5.87. The van der Waals surface area contributed by atoms with E-state index in [0.717, 1.165) is 38.5 Å². The van der Waals surface area contributed by atoms with E-state index in [2.05, 4.69) is 5.43 Å². The van der Waals surface area contributed by atoms with Crippen molar-refractivity contribution in [2.24, 2.45) is 5.92 Å². The number of amides is 1. The van der Waals surface area contributed by atoms with E-state index in [1.165, 1.54) is 4.68 Å². The Morgan fingerprint density at radius 3 is 2.69 bits per heavy atom. The number of carbonyl (C=O) groups excluding carboxylic acids is 1. The van der Waals surface area contributed by atoms with Gasteiger partial charge in [-0.1, -0.05) is 25.0 Å². The summed E-state index contributed by atoms with van der Waals surface area (Å²) in [5, 5.41) is 0.536. The number of nitrogens with zero attached hydrogens (tertiary/aromatic N) is 2. The largest absolute Gasteiger partial charge is 0.381 e. The Bertz CT molecular complexity index is 872. The van der Waals surface area contributed by atoms with Crippen LogP contribution < -0.4 is 11.0 Å².